The normalized spacial score (nSPS) is 13.0. The van der Waals surface area contributed by atoms with E-state index in [2.05, 4.69) is 66.0 Å². The minimum Gasteiger partial charge on any atom is -0.457 e. The molecule has 158 valence electrons. The monoisotopic (exact) mass is 411 g/mol. The summed E-state index contributed by atoms with van der Waals surface area (Å²) in [6.45, 7) is 2.23. The molecule has 0 fully saturated rings. The zero-order chi connectivity index (χ0) is 21.5. The molecule has 4 nitrogen and oxygen atoms in total. The number of para-hydroxylation sites is 1. The molecule has 0 aliphatic carbocycles. The predicted octanol–water partition coefficient (Wildman–Crippen LogP) is 6.43. The maximum atomic E-state index is 5.96. The highest BCUT2D eigenvalue weighted by Gasteiger charge is 2.21. The molecule has 4 aromatic rings. The summed E-state index contributed by atoms with van der Waals surface area (Å²) in [6.07, 6.45) is 6.17. The quantitative estimate of drug-likeness (QED) is 0.345. The van der Waals surface area contributed by atoms with Crippen LogP contribution in [0.4, 0.5) is 0 Å². The molecule has 0 aliphatic rings. The Morgan fingerprint density at radius 2 is 1.45 bits per heavy atom. The minimum absolute atomic E-state index is 0.0756. The van der Waals surface area contributed by atoms with Crippen molar-refractivity contribution >= 4 is 0 Å². The number of ether oxygens (including phenoxy) is 1. The number of benzene rings is 3. The number of aryl methyl sites for hydroxylation is 1. The number of hydrogen-bond donors (Lipinski definition) is 1. The van der Waals surface area contributed by atoms with Gasteiger partial charge in [-0.3, -0.25) is 10.00 Å². The van der Waals surface area contributed by atoms with E-state index in [4.69, 9.17) is 4.74 Å². The second kappa shape index (κ2) is 10.1. The standard InChI is InChI=1S/C27H29N3O/c1-3-10-26(21-15-17-25(18-16-21)31-24-13-8-5-9-14-24)29-27(22-11-6-4-7-12-22)23-19-28-30(2)20-23/h4-9,11-20,26-27,29H,3,10H2,1-2H3. The van der Waals surface area contributed by atoms with Gasteiger partial charge in [0.2, 0.25) is 0 Å². The Morgan fingerprint density at radius 3 is 2.06 bits per heavy atom. The Morgan fingerprint density at radius 1 is 0.806 bits per heavy atom. The minimum atomic E-state index is 0.0756. The Hall–Kier alpha value is -3.37. The number of nitrogens with zero attached hydrogens (tertiary/aromatic N) is 2. The van der Waals surface area contributed by atoms with Crippen LogP contribution in [0.5, 0.6) is 11.5 Å². The van der Waals surface area contributed by atoms with E-state index in [1.165, 1.54) is 16.7 Å². The molecule has 31 heavy (non-hydrogen) atoms. The second-order valence-corrected chi connectivity index (χ2v) is 7.78. The lowest BCUT2D eigenvalue weighted by Crippen LogP contribution is -2.27. The van der Waals surface area contributed by atoms with Gasteiger partial charge in [0.1, 0.15) is 11.5 Å². The van der Waals surface area contributed by atoms with Gasteiger partial charge < -0.3 is 4.74 Å². The van der Waals surface area contributed by atoms with Crippen molar-refractivity contribution in [3.8, 4) is 11.5 Å². The fourth-order valence-corrected chi connectivity index (χ4v) is 3.85. The van der Waals surface area contributed by atoms with Gasteiger partial charge in [0.15, 0.2) is 0 Å². The molecule has 0 saturated heterocycles. The highest BCUT2D eigenvalue weighted by Crippen LogP contribution is 2.30. The Kier molecular flexibility index (Phi) is 6.80. The van der Waals surface area contributed by atoms with Gasteiger partial charge >= 0.3 is 0 Å². The second-order valence-electron chi connectivity index (χ2n) is 7.78. The summed E-state index contributed by atoms with van der Waals surface area (Å²) in [5, 5.41) is 8.29. The molecular weight excluding hydrogens is 382 g/mol. The summed E-state index contributed by atoms with van der Waals surface area (Å²) < 4.78 is 7.82. The molecule has 0 radical (unpaired) electrons. The third-order valence-electron chi connectivity index (χ3n) is 5.40. The van der Waals surface area contributed by atoms with Gasteiger partial charge in [-0.15, -0.1) is 0 Å². The van der Waals surface area contributed by atoms with Crippen molar-refractivity contribution in [3.05, 3.63) is 114 Å². The fraction of sp³-hybridized carbons (Fsp3) is 0.222. The molecule has 0 aliphatic heterocycles. The highest BCUT2D eigenvalue weighted by molar-refractivity contribution is 5.35. The van der Waals surface area contributed by atoms with Crippen LogP contribution in [0, 0.1) is 0 Å². The van der Waals surface area contributed by atoms with Crippen LogP contribution in [0.3, 0.4) is 0 Å². The van der Waals surface area contributed by atoms with Gasteiger partial charge in [-0.25, -0.2) is 0 Å². The summed E-state index contributed by atoms with van der Waals surface area (Å²) in [5.41, 5.74) is 3.66. The first-order chi connectivity index (χ1) is 15.2. The van der Waals surface area contributed by atoms with Crippen molar-refractivity contribution in [2.75, 3.05) is 0 Å². The van der Waals surface area contributed by atoms with Crippen molar-refractivity contribution in [1.82, 2.24) is 15.1 Å². The van der Waals surface area contributed by atoms with E-state index in [-0.39, 0.29) is 12.1 Å². The smallest absolute Gasteiger partial charge is 0.127 e. The summed E-state index contributed by atoms with van der Waals surface area (Å²) in [4.78, 5) is 0. The van der Waals surface area contributed by atoms with Crippen molar-refractivity contribution in [2.45, 2.75) is 31.8 Å². The molecule has 1 aromatic heterocycles. The summed E-state index contributed by atoms with van der Waals surface area (Å²) in [7, 11) is 1.96. The zero-order valence-corrected chi connectivity index (χ0v) is 18.1. The van der Waals surface area contributed by atoms with E-state index < -0.39 is 0 Å². The van der Waals surface area contributed by atoms with Crippen molar-refractivity contribution in [2.24, 2.45) is 7.05 Å². The lowest BCUT2D eigenvalue weighted by Gasteiger charge is -2.26. The topological polar surface area (TPSA) is 39.1 Å². The lowest BCUT2D eigenvalue weighted by atomic mass is 9.96. The number of hydrogen-bond acceptors (Lipinski definition) is 3. The summed E-state index contributed by atoms with van der Waals surface area (Å²) in [6, 6.07) is 29.2. The van der Waals surface area contributed by atoms with Crippen LogP contribution in [0.15, 0.2) is 97.3 Å². The number of aromatic nitrogens is 2. The summed E-state index contributed by atoms with van der Waals surface area (Å²) in [5.74, 6) is 1.69. The van der Waals surface area contributed by atoms with E-state index in [1.807, 2.05) is 60.4 Å². The molecule has 3 aromatic carbocycles. The predicted molar refractivity (Wildman–Crippen MR) is 125 cm³/mol. The first-order valence-electron chi connectivity index (χ1n) is 10.9. The highest BCUT2D eigenvalue weighted by atomic mass is 16.5. The van der Waals surface area contributed by atoms with Gasteiger partial charge in [0.05, 0.1) is 12.2 Å². The Bertz CT molecular complexity index is 1060. The maximum absolute atomic E-state index is 5.96. The molecule has 0 bridgehead atoms. The molecule has 1 heterocycles. The van der Waals surface area contributed by atoms with Crippen molar-refractivity contribution < 1.29 is 4.74 Å². The van der Waals surface area contributed by atoms with Crippen LogP contribution in [-0.2, 0) is 7.05 Å². The van der Waals surface area contributed by atoms with Crippen LogP contribution in [0.1, 0.15) is 48.5 Å². The molecule has 0 spiro atoms. The fourth-order valence-electron chi connectivity index (χ4n) is 3.85. The first kappa shape index (κ1) is 20.9. The van der Waals surface area contributed by atoms with E-state index in [0.29, 0.717) is 0 Å². The third-order valence-corrected chi connectivity index (χ3v) is 5.40. The zero-order valence-electron chi connectivity index (χ0n) is 18.1. The molecule has 4 rings (SSSR count). The molecule has 0 amide bonds. The van der Waals surface area contributed by atoms with Crippen LogP contribution in [0.25, 0.3) is 0 Å². The van der Waals surface area contributed by atoms with Gasteiger partial charge in [-0.05, 0) is 41.8 Å². The average molecular weight is 412 g/mol. The maximum Gasteiger partial charge on any atom is 0.127 e. The van der Waals surface area contributed by atoms with Gasteiger partial charge in [0, 0.05) is 24.8 Å². The molecule has 2 atom stereocenters. The number of nitrogens with one attached hydrogen (secondary N) is 1. The van der Waals surface area contributed by atoms with Crippen molar-refractivity contribution in [3.63, 3.8) is 0 Å². The lowest BCUT2D eigenvalue weighted by molar-refractivity contribution is 0.452. The third kappa shape index (κ3) is 5.41. The molecule has 2 unspecified atom stereocenters. The Balaban J connectivity index is 1.56. The van der Waals surface area contributed by atoms with Gasteiger partial charge in [-0.1, -0.05) is 74.0 Å². The van der Waals surface area contributed by atoms with E-state index in [9.17, 15) is 0 Å². The number of rotatable bonds is 9. The molecular formula is C27H29N3O. The van der Waals surface area contributed by atoms with E-state index in [0.717, 1.165) is 24.3 Å². The first-order valence-corrected chi connectivity index (χ1v) is 10.9. The molecule has 1 N–H and O–H groups in total. The SMILES string of the molecule is CCCC(NC(c1ccccc1)c1cnn(C)c1)c1ccc(Oc2ccccc2)cc1. The largest absolute Gasteiger partial charge is 0.457 e. The van der Waals surface area contributed by atoms with E-state index >= 15 is 0 Å². The van der Waals surface area contributed by atoms with Gasteiger partial charge in [0.25, 0.3) is 0 Å². The van der Waals surface area contributed by atoms with Crippen LogP contribution in [0.2, 0.25) is 0 Å². The molecule has 4 heteroatoms. The average Bonchev–Trinajstić information content (AvgIpc) is 3.24. The Labute approximate surface area is 184 Å². The van der Waals surface area contributed by atoms with Crippen LogP contribution >= 0.6 is 0 Å². The van der Waals surface area contributed by atoms with Crippen LogP contribution in [-0.4, -0.2) is 9.78 Å². The van der Waals surface area contributed by atoms with Crippen molar-refractivity contribution in [1.29, 1.82) is 0 Å². The van der Waals surface area contributed by atoms with Gasteiger partial charge in [-0.2, -0.15) is 5.10 Å². The van der Waals surface area contributed by atoms with E-state index in [1.54, 1.807) is 0 Å². The van der Waals surface area contributed by atoms with Crippen LogP contribution < -0.4 is 10.1 Å². The summed E-state index contributed by atoms with van der Waals surface area (Å²) >= 11 is 0. The molecule has 0 saturated carbocycles.